The highest BCUT2D eigenvalue weighted by molar-refractivity contribution is 9.10. The number of hydrogen-bond acceptors (Lipinski definition) is 3. The van der Waals surface area contributed by atoms with Crippen LogP contribution in [0.2, 0.25) is 0 Å². The zero-order chi connectivity index (χ0) is 14.5. The Morgan fingerprint density at radius 2 is 2.16 bits per heavy atom. The van der Waals surface area contributed by atoms with Gasteiger partial charge in [-0.25, -0.2) is 0 Å². The SMILES string of the molecule is COc1ccc(Br)cc1CNC(=O)CCC(C)(C)N. The molecular formula is C14H21BrN2O2. The third-order valence-corrected chi connectivity index (χ3v) is 3.21. The van der Waals surface area contributed by atoms with Crippen LogP contribution in [0.3, 0.4) is 0 Å². The molecular weight excluding hydrogens is 308 g/mol. The molecule has 1 amide bonds. The zero-order valence-electron chi connectivity index (χ0n) is 11.6. The maximum atomic E-state index is 11.7. The summed E-state index contributed by atoms with van der Waals surface area (Å²) in [5.74, 6) is 0.767. The first kappa shape index (κ1) is 16.0. The van der Waals surface area contributed by atoms with E-state index in [2.05, 4.69) is 21.2 Å². The zero-order valence-corrected chi connectivity index (χ0v) is 13.2. The van der Waals surface area contributed by atoms with E-state index in [4.69, 9.17) is 10.5 Å². The molecule has 0 saturated carbocycles. The van der Waals surface area contributed by atoms with Crippen LogP contribution < -0.4 is 15.8 Å². The predicted molar refractivity (Wildman–Crippen MR) is 80.0 cm³/mol. The Balaban J connectivity index is 2.52. The van der Waals surface area contributed by atoms with E-state index in [1.165, 1.54) is 0 Å². The third kappa shape index (κ3) is 6.07. The highest BCUT2D eigenvalue weighted by Crippen LogP contribution is 2.22. The number of methoxy groups -OCH3 is 1. The van der Waals surface area contributed by atoms with Crippen molar-refractivity contribution in [1.29, 1.82) is 0 Å². The molecule has 0 aromatic heterocycles. The Kier molecular flexibility index (Phi) is 5.82. The maximum absolute atomic E-state index is 11.7. The molecule has 4 nitrogen and oxygen atoms in total. The largest absolute Gasteiger partial charge is 0.496 e. The fourth-order valence-corrected chi connectivity index (χ4v) is 2.01. The topological polar surface area (TPSA) is 64.3 Å². The second kappa shape index (κ2) is 6.91. The van der Waals surface area contributed by atoms with Crippen molar-refractivity contribution in [3.8, 4) is 5.75 Å². The summed E-state index contributed by atoms with van der Waals surface area (Å²) < 4.78 is 6.21. The fourth-order valence-electron chi connectivity index (χ4n) is 1.60. The molecule has 0 spiro atoms. The normalized spacial score (nSPS) is 11.2. The van der Waals surface area contributed by atoms with Crippen LogP contribution in [0, 0.1) is 0 Å². The minimum Gasteiger partial charge on any atom is -0.496 e. The molecule has 0 bridgehead atoms. The standard InChI is InChI=1S/C14H21BrN2O2/c1-14(2,16)7-6-13(18)17-9-10-8-11(15)4-5-12(10)19-3/h4-5,8H,6-7,9,16H2,1-3H3,(H,17,18). The first-order valence-corrected chi connectivity index (χ1v) is 6.99. The molecule has 0 atom stereocenters. The maximum Gasteiger partial charge on any atom is 0.220 e. The summed E-state index contributed by atoms with van der Waals surface area (Å²) >= 11 is 3.40. The number of halogens is 1. The van der Waals surface area contributed by atoms with Gasteiger partial charge in [0.1, 0.15) is 5.75 Å². The van der Waals surface area contributed by atoms with Crippen LogP contribution in [0.25, 0.3) is 0 Å². The molecule has 0 heterocycles. The number of hydrogen-bond donors (Lipinski definition) is 2. The van der Waals surface area contributed by atoms with Gasteiger partial charge >= 0.3 is 0 Å². The lowest BCUT2D eigenvalue weighted by molar-refractivity contribution is -0.121. The predicted octanol–water partition coefficient (Wildman–Crippen LogP) is 2.59. The van der Waals surface area contributed by atoms with Crippen LogP contribution in [0.5, 0.6) is 5.75 Å². The molecule has 0 radical (unpaired) electrons. The van der Waals surface area contributed by atoms with Gasteiger partial charge in [-0.15, -0.1) is 0 Å². The second-order valence-electron chi connectivity index (χ2n) is 5.22. The highest BCUT2D eigenvalue weighted by atomic mass is 79.9. The van der Waals surface area contributed by atoms with Crippen molar-refractivity contribution in [3.63, 3.8) is 0 Å². The van der Waals surface area contributed by atoms with E-state index in [9.17, 15) is 4.79 Å². The smallest absolute Gasteiger partial charge is 0.220 e. The summed E-state index contributed by atoms with van der Waals surface area (Å²) in [7, 11) is 1.62. The van der Waals surface area contributed by atoms with Crippen LogP contribution in [0.4, 0.5) is 0 Å². The molecule has 1 rings (SSSR count). The first-order chi connectivity index (χ1) is 8.81. The minimum atomic E-state index is -0.315. The van der Waals surface area contributed by atoms with E-state index in [1.807, 2.05) is 32.0 Å². The van der Waals surface area contributed by atoms with Gasteiger partial charge in [0.25, 0.3) is 0 Å². The number of nitrogens with one attached hydrogen (secondary N) is 1. The number of ether oxygens (including phenoxy) is 1. The molecule has 19 heavy (non-hydrogen) atoms. The molecule has 0 saturated heterocycles. The molecule has 1 aromatic rings. The van der Waals surface area contributed by atoms with E-state index in [-0.39, 0.29) is 11.4 Å². The first-order valence-electron chi connectivity index (χ1n) is 6.20. The van der Waals surface area contributed by atoms with Crippen LogP contribution in [0.1, 0.15) is 32.3 Å². The van der Waals surface area contributed by atoms with Gasteiger partial charge in [-0.3, -0.25) is 4.79 Å². The number of amides is 1. The summed E-state index contributed by atoms with van der Waals surface area (Å²) in [6.45, 7) is 4.28. The third-order valence-electron chi connectivity index (χ3n) is 2.71. The van der Waals surface area contributed by atoms with Crippen molar-refractivity contribution in [1.82, 2.24) is 5.32 Å². The van der Waals surface area contributed by atoms with E-state index < -0.39 is 0 Å². The van der Waals surface area contributed by atoms with Gasteiger partial charge in [-0.2, -0.15) is 0 Å². The highest BCUT2D eigenvalue weighted by Gasteiger charge is 2.13. The Hall–Kier alpha value is -1.07. The Morgan fingerprint density at radius 1 is 1.47 bits per heavy atom. The van der Waals surface area contributed by atoms with Crippen molar-refractivity contribution < 1.29 is 9.53 Å². The lowest BCUT2D eigenvalue weighted by Gasteiger charge is -2.17. The summed E-state index contributed by atoms with van der Waals surface area (Å²) in [6.07, 6.45) is 1.09. The monoisotopic (exact) mass is 328 g/mol. The molecule has 1 aromatic carbocycles. The lowest BCUT2D eigenvalue weighted by atomic mass is 10.00. The summed E-state index contributed by atoms with van der Waals surface area (Å²) in [6, 6.07) is 5.71. The molecule has 5 heteroatoms. The van der Waals surface area contributed by atoms with Crippen LogP contribution >= 0.6 is 15.9 Å². The van der Waals surface area contributed by atoms with E-state index in [0.29, 0.717) is 19.4 Å². The van der Waals surface area contributed by atoms with Crippen molar-refractivity contribution in [3.05, 3.63) is 28.2 Å². The van der Waals surface area contributed by atoms with E-state index >= 15 is 0 Å². The van der Waals surface area contributed by atoms with Gasteiger partial charge in [0.05, 0.1) is 7.11 Å². The Bertz CT molecular complexity index is 442. The van der Waals surface area contributed by atoms with Gasteiger partial charge < -0.3 is 15.8 Å². The average Bonchev–Trinajstić information content (AvgIpc) is 2.33. The molecule has 3 N–H and O–H groups in total. The van der Waals surface area contributed by atoms with Gasteiger partial charge in [0, 0.05) is 28.5 Å². The summed E-state index contributed by atoms with van der Waals surface area (Å²) in [4.78, 5) is 11.7. The van der Waals surface area contributed by atoms with Crippen molar-refractivity contribution >= 4 is 21.8 Å². The quantitative estimate of drug-likeness (QED) is 0.843. The number of carbonyl (C=O) groups excluding carboxylic acids is 1. The Labute approximate surface area is 122 Å². The number of nitrogens with two attached hydrogens (primary N) is 1. The van der Waals surface area contributed by atoms with E-state index in [1.54, 1.807) is 7.11 Å². The van der Waals surface area contributed by atoms with Crippen molar-refractivity contribution in [2.24, 2.45) is 5.73 Å². The van der Waals surface area contributed by atoms with E-state index in [0.717, 1.165) is 15.8 Å². The van der Waals surface area contributed by atoms with Crippen LogP contribution in [-0.2, 0) is 11.3 Å². The molecule has 0 aliphatic rings. The molecule has 0 aliphatic heterocycles. The number of rotatable bonds is 6. The lowest BCUT2D eigenvalue weighted by Crippen LogP contribution is -2.34. The van der Waals surface area contributed by atoms with Crippen molar-refractivity contribution in [2.45, 2.75) is 38.8 Å². The minimum absolute atomic E-state index is 0.000513. The molecule has 0 aliphatic carbocycles. The number of benzene rings is 1. The van der Waals surface area contributed by atoms with Crippen LogP contribution in [0.15, 0.2) is 22.7 Å². The summed E-state index contributed by atoms with van der Waals surface area (Å²) in [5, 5.41) is 2.88. The summed E-state index contributed by atoms with van der Waals surface area (Å²) in [5.41, 5.74) is 6.48. The van der Waals surface area contributed by atoms with Crippen LogP contribution in [-0.4, -0.2) is 18.6 Å². The number of carbonyl (C=O) groups is 1. The molecule has 106 valence electrons. The van der Waals surface area contributed by atoms with Crippen molar-refractivity contribution in [2.75, 3.05) is 7.11 Å². The van der Waals surface area contributed by atoms with Gasteiger partial charge in [-0.1, -0.05) is 15.9 Å². The van der Waals surface area contributed by atoms with Gasteiger partial charge in [0.15, 0.2) is 0 Å². The molecule has 0 fully saturated rings. The Morgan fingerprint density at radius 3 is 2.74 bits per heavy atom. The second-order valence-corrected chi connectivity index (χ2v) is 6.14. The average molecular weight is 329 g/mol. The van der Waals surface area contributed by atoms with Gasteiger partial charge in [-0.05, 0) is 38.5 Å². The molecule has 0 unspecified atom stereocenters. The van der Waals surface area contributed by atoms with Gasteiger partial charge in [0.2, 0.25) is 5.91 Å². The fraction of sp³-hybridized carbons (Fsp3) is 0.500.